The number of nitrogens with two attached hydrogens (primary N) is 1. The maximum Gasteiger partial charge on any atom is 0.314 e. The number of carbonyl (C=O) groups is 1. The van der Waals surface area contributed by atoms with Crippen molar-refractivity contribution in [2.24, 2.45) is 5.73 Å². The molecular weight excluding hydrogens is 269 g/mol. The molecule has 0 amide bonds. The fraction of sp³-hybridized carbons (Fsp3) is 0.300. The van der Waals surface area contributed by atoms with Crippen molar-refractivity contribution in [3.63, 3.8) is 0 Å². The van der Waals surface area contributed by atoms with Gasteiger partial charge in [0.05, 0.1) is 13.0 Å². The van der Waals surface area contributed by atoms with Crippen LogP contribution in [0.1, 0.15) is 11.5 Å². The third kappa shape index (κ3) is 4.25. The van der Waals surface area contributed by atoms with Gasteiger partial charge in [-0.2, -0.15) is 0 Å². The van der Waals surface area contributed by atoms with E-state index >= 15 is 0 Å². The van der Waals surface area contributed by atoms with E-state index in [0.717, 1.165) is 10.0 Å². The first-order chi connectivity index (χ1) is 6.69. The molecule has 0 aliphatic rings. The van der Waals surface area contributed by atoms with Crippen molar-refractivity contribution in [1.82, 2.24) is 0 Å². The predicted molar refractivity (Wildman–Crippen MR) is 63.7 cm³/mol. The minimum Gasteiger partial charge on any atom is -0.469 e. The van der Waals surface area contributed by atoms with Gasteiger partial charge in [-0.1, -0.05) is 28.1 Å². The maximum atomic E-state index is 11.3. The Morgan fingerprint density at radius 1 is 1.60 bits per heavy atom. The van der Waals surface area contributed by atoms with Gasteiger partial charge in [-0.3, -0.25) is 4.79 Å². The molecule has 0 fully saturated rings. The summed E-state index contributed by atoms with van der Waals surface area (Å²) in [5, 5.41) is 0. The van der Waals surface area contributed by atoms with Crippen LogP contribution in [0.15, 0.2) is 28.7 Å². The molecule has 1 aromatic carbocycles. The third-order valence-corrected chi connectivity index (χ3v) is 2.47. The fourth-order valence-corrected chi connectivity index (χ4v) is 1.65. The molecule has 0 saturated carbocycles. The number of benzene rings is 1. The van der Waals surface area contributed by atoms with Crippen LogP contribution in [0.3, 0.4) is 0 Å². The molecule has 1 aromatic rings. The smallest absolute Gasteiger partial charge is 0.314 e. The Kier molecular flexibility index (Phi) is 7.48. The van der Waals surface area contributed by atoms with Crippen LogP contribution < -0.4 is 5.73 Å². The van der Waals surface area contributed by atoms with E-state index in [1.165, 1.54) is 7.11 Å². The van der Waals surface area contributed by atoms with Gasteiger partial charge in [-0.05, 0) is 17.7 Å². The Balaban J connectivity index is 0.00000196. The van der Waals surface area contributed by atoms with Crippen LogP contribution in [0.2, 0.25) is 0 Å². The number of ether oxygens (including phenoxy) is 1. The molecule has 77 valence electrons. The van der Waals surface area contributed by atoms with Gasteiger partial charge >= 0.3 is 5.97 Å². The number of halogens is 1. The van der Waals surface area contributed by atoms with Crippen LogP contribution in [0.25, 0.3) is 0 Å². The van der Waals surface area contributed by atoms with E-state index in [1.54, 1.807) is 0 Å². The van der Waals surface area contributed by atoms with Crippen LogP contribution in [0, 0.1) is 0 Å². The van der Waals surface area contributed by atoms with Crippen molar-refractivity contribution in [3.05, 3.63) is 34.3 Å². The largest absolute Gasteiger partial charge is 0.469 e. The van der Waals surface area contributed by atoms with Gasteiger partial charge in [0.25, 0.3) is 0 Å². The first-order valence-electron chi connectivity index (χ1n) is 4.22. The predicted octanol–water partition coefficient (Wildman–Crippen LogP) is 1.28. The summed E-state index contributed by atoms with van der Waals surface area (Å²) < 4.78 is 5.59. The summed E-state index contributed by atoms with van der Waals surface area (Å²) in [4.78, 5) is 11.3. The normalized spacial score (nSPS) is 11.4. The second-order valence-electron chi connectivity index (χ2n) is 2.87. The fourth-order valence-electron chi connectivity index (χ4n) is 1.23. The average Bonchev–Trinajstić information content (AvgIpc) is 2.19. The van der Waals surface area contributed by atoms with E-state index in [-0.39, 0.29) is 48.0 Å². The number of hydrogen-bond acceptors (Lipinski definition) is 3. The Labute approximate surface area is 120 Å². The Morgan fingerprint density at radius 3 is 2.73 bits per heavy atom. The van der Waals surface area contributed by atoms with E-state index in [4.69, 9.17) is 5.73 Å². The first kappa shape index (κ1) is 15.1. The zero-order valence-corrected chi connectivity index (χ0v) is 12.5. The SMILES string of the molecule is COC(=O)C(CN)c1cccc(Br)c1.[Na]. The van der Waals surface area contributed by atoms with Crippen molar-refractivity contribution in [2.75, 3.05) is 13.7 Å². The minimum absolute atomic E-state index is 0. The summed E-state index contributed by atoms with van der Waals surface area (Å²) in [6.45, 7) is 0.253. The second-order valence-corrected chi connectivity index (χ2v) is 3.78. The van der Waals surface area contributed by atoms with E-state index in [2.05, 4.69) is 20.7 Å². The van der Waals surface area contributed by atoms with Gasteiger partial charge in [-0.15, -0.1) is 0 Å². The molecule has 0 aliphatic heterocycles. The zero-order valence-electron chi connectivity index (χ0n) is 8.87. The van der Waals surface area contributed by atoms with Gasteiger partial charge in [0.15, 0.2) is 0 Å². The van der Waals surface area contributed by atoms with Crippen LogP contribution in [0.5, 0.6) is 0 Å². The third-order valence-electron chi connectivity index (χ3n) is 1.97. The summed E-state index contributed by atoms with van der Waals surface area (Å²) in [6, 6.07) is 7.49. The van der Waals surface area contributed by atoms with Crippen molar-refractivity contribution >= 4 is 51.5 Å². The molecule has 1 radical (unpaired) electrons. The molecule has 0 bridgehead atoms. The van der Waals surface area contributed by atoms with Crippen molar-refractivity contribution in [2.45, 2.75) is 5.92 Å². The maximum absolute atomic E-state index is 11.3. The number of hydrogen-bond donors (Lipinski definition) is 1. The summed E-state index contributed by atoms with van der Waals surface area (Å²) in [6.07, 6.45) is 0. The van der Waals surface area contributed by atoms with Crippen molar-refractivity contribution in [3.8, 4) is 0 Å². The van der Waals surface area contributed by atoms with Gasteiger partial charge in [0.2, 0.25) is 0 Å². The Bertz CT molecular complexity index is 333. The molecule has 0 spiro atoms. The van der Waals surface area contributed by atoms with E-state index < -0.39 is 0 Å². The van der Waals surface area contributed by atoms with E-state index in [1.807, 2.05) is 24.3 Å². The molecule has 1 atom stereocenters. The molecule has 0 saturated heterocycles. The Hall–Kier alpha value is 0.130. The van der Waals surface area contributed by atoms with Crippen molar-refractivity contribution in [1.29, 1.82) is 0 Å². The molecule has 15 heavy (non-hydrogen) atoms. The standard InChI is InChI=1S/C10H12BrNO2.Na/c1-14-10(13)9(6-12)7-3-2-4-8(11)5-7;/h2-5,9H,6,12H2,1H3;. The minimum atomic E-state index is -0.377. The van der Waals surface area contributed by atoms with Crippen LogP contribution >= 0.6 is 15.9 Å². The van der Waals surface area contributed by atoms with Crippen LogP contribution in [-0.4, -0.2) is 49.2 Å². The molecule has 0 aliphatic carbocycles. The van der Waals surface area contributed by atoms with Gasteiger partial charge in [0.1, 0.15) is 0 Å². The summed E-state index contributed by atoms with van der Waals surface area (Å²) >= 11 is 3.34. The zero-order chi connectivity index (χ0) is 10.6. The second kappa shape index (κ2) is 7.41. The summed E-state index contributed by atoms with van der Waals surface area (Å²) in [5.41, 5.74) is 6.38. The monoisotopic (exact) mass is 280 g/mol. The summed E-state index contributed by atoms with van der Waals surface area (Å²) in [7, 11) is 1.36. The topological polar surface area (TPSA) is 52.3 Å². The quantitative estimate of drug-likeness (QED) is 0.671. The van der Waals surface area contributed by atoms with E-state index in [9.17, 15) is 4.79 Å². The molecule has 3 nitrogen and oxygen atoms in total. The number of carbonyl (C=O) groups excluding carboxylic acids is 1. The van der Waals surface area contributed by atoms with Crippen LogP contribution in [0.4, 0.5) is 0 Å². The molecule has 2 N–H and O–H groups in total. The molecule has 1 unspecified atom stereocenters. The van der Waals surface area contributed by atoms with E-state index in [0.29, 0.717) is 0 Å². The molecule has 1 rings (SSSR count). The molecular formula is C10H12BrNNaO2. The average molecular weight is 281 g/mol. The first-order valence-corrected chi connectivity index (χ1v) is 5.01. The van der Waals surface area contributed by atoms with Crippen molar-refractivity contribution < 1.29 is 9.53 Å². The molecule has 5 heteroatoms. The van der Waals surface area contributed by atoms with Gasteiger partial charge < -0.3 is 10.5 Å². The number of rotatable bonds is 3. The van der Waals surface area contributed by atoms with Crippen LogP contribution in [-0.2, 0) is 9.53 Å². The Morgan fingerprint density at radius 2 is 2.27 bits per heavy atom. The summed E-state index contributed by atoms with van der Waals surface area (Å²) in [5.74, 6) is -0.678. The van der Waals surface area contributed by atoms with Gasteiger partial charge in [0, 0.05) is 40.6 Å². The number of esters is 1. The number of methoxy groups -OCH3 is 1. The van der Waals surface area contributed by atoms with Gasteiger partial charge in [-0.25, -0.2) is 0 Å². The molecule has 0 aromatic heterocycles. The molecule has 0 heterocycles.